The van der Waals surface area contributed by atoms with Gasteiger partial charge in [-0.1, -0.05) is 20.3 Å². The number of hydrogen-bond acceptors (Lipinski definition) is 2. The van der Waals surface area contributed by atoms with Crippen LogP contribution in [0, 0.1) is 11.8 Å². The van der Waals surface area contributed by atoms with Crippen molar-refractivity contribution in [2.45, 2.75) is 59.1 Å². The SMILES string of the molecule is CCOC(C)CNC1CC(C)CCC1C. The Morgan fingerprint density at radius 3 is 2.73 bits per heavy atom. The molecule has 1 N–H and O–H groups in total. The Bertz CT molecular complexity index is 172. The molecule has 2 heteroatoms. The van der Waals surface area contributed by atoms with E-state index < -0.39 is 0 Å². The number of ether oxygens (including phenoxy) is 1. The van der Waals surface area contributed by atoms with E-state index >= 15 is 0 Å². The summed E-state index contributed by atoms with van der Waals surface area (Å²) in [6.45, 7) is 10.8. The molecule has 90 valence electrons. The minimum absolute atomic E-state index is 0.347. The van der Waals surface area contributed by atoms with Gasteiger partial charge in [-0.3, -0.25) is 0 Å². The monoisotopic (exact) mass is 213 g/mol. The van der Waals surface area contributed by atoms with E-state index in [1.165, 1.54) is 19.3 Å². The molecule has 0 heterocycles. The van der Waals surface area contributed by atoms with E-state index in [1.807, 2.05) is 0 Å². The summed E-state index contributed by atoms with van der Waals surface area (Å²) in [6, 6.07) is 0.705. The first-order valence-electron chi connectivity index (χ1n) is 6.48. The molecule has 0 aromatic rings. The zero-order valence-corrected chi connectivity index (χ0v) is 10.8. The lowest BCUT2D eigenvalue weighted by molar-refractivity contribution is 0.0691. The molecule has 0 bridgehead atoms. The molecule has 2 nitrogen and oxygen atoms in total. The van der Waals surface area contributed by atoms with E-state index in [0.717, 1.165) is 25.0 Å². The topological polar surface area (TPSA) is 21.3 Å². The summed E-state index contributed by atoms with van der Waals surface area (Å²) in [5, 5.41) is 3.66. The Kier molecular flexibility index (Phi) is 5.62. The van der Waals surface area contributed by atoms with Crippen molar-refractivity contribution in [2.75, 3.05) is 13.2 Å². The van der Waals surface area contributed by atoms with Crippen molar-refractivity contribution >= 4 is 0 Å². The number of hydrogen-bond donors (Lipinski definition) is 1. The quantitative estimate of drug-likeness (QED) is 0.758. The van der Waals surface area contributed by atoms with Crippen molar-refractivity contribution in [1.82, 2.24) is 5.32 Å². The van der Waals surface area contributed by atoms with E-state index in [9.17, 15) is 0 Å². The summed E-state index contributed by atoms with van der Waals surface area (Å²) in [4.78, 5) is 0. The Balaban J connectivity index is 2.23. The molecule has 0 aromatic carbocycles. The first-order valence-corrected chi connectivity index (χ1v) is 6.48. The van der Waals surface area contributed by atoms with Crippen LogP contribution in [0.25, 0.3) is 0 Å². The average molecular weight is 213 g/mol. The maximum absolute atomic E-state index is 5.53. The highest BCUT2D eigenvalue weighted by Gasteiger charge is 2.25. The summed E-state index contributed by atoms with van der Waals surface area (Å²) in [7, 11) is 0. The Hall–Kier alpha value is -0.0800. The molecular formula is C13H27NO. The van der Waals surface area contributed by atoms with E-state index in [4.69, 9.17) is 4.74 Å². The summed E-state index contributed by atoms with van der Waals surface area (Å²) in [6.07, 6.45) is 4.46. The predicted molar refractivity (Wildman–Crippen MR) is 65.1 cm³/mol. The van der Waals surface area contributed by atoms with E-state index in [-0.39, 0.29) is 0 Å². The first-order chi connectivity index (χ1) is 7.13. The summed E-state index contributed by atoms with van der Waals surface area (Å²) >= 11 is 0. The van der Waals surface area contributed by atoms with Gasteiger partial charge in [0.25, 0.3) is 0 Å². The molecule has 4 atom stereocenters. The van der Waals surface area contributed by atoms with Gasteiger partial charge in [-0.15, -0.1) is 0 Å². The summed E-state index contributed by atoms with van der Waals surface area (Å²) in [5.41, 5.74) is 0. The maximum atomic E-state index is 5.53. The average Bonchev–Trinajstić information content (AvgIpc) is 2.20. The highest BCUT2D eigenvalue weighted by atomic mass is 16.5. The van der Waals surface area contributed by atoms with Gasteiger partial charge >= 0.3 is 0 Å². The first kappa shape index (κ1) is 13.0. The highest BCUT2D eigenvalue weighted by Crippen LogP contribution is 2.28. The van der Waals surface area contributed by atoms with Gasteiger partial charge in [0, 0.05) is 19.2 Å². The molecule has 0 aliphatic heterocycles. The van der Waals surface area contributed by atoms with Crippen LogP contribution in [0.1, 0.15) is 47.0 Å². The molecule has 0 radical (unpaired) electrons. The standard InChI is InChI=1S/C13H27NO/c1-5-15-12(4)9-14-13-8-10(2)6-7-11(13)3/h10-14H,5-9H2,1-4H3. The molecule has 0 saturated heterocycles. The van der Waals surface area contributed by atoms with Crippen LogP contribution in [0.3, 0.4) is 0 Å². The smallest absolute Gasteiger partial charge is 0.0671 e. The molecule has 1 saturated carbocycles. The van der Waals surface area contributed by atoms with Crippen LogP contribution in [0.2, 0.25) is 0 Å². The summed E-state index contributed by atoms with van der Waals surface area (Å²) < 4.78 is 5.53. The van der Waals surface area contributed by atoms with Crippen molar-refractivity contribution in [2.24, 2.45) is 11.8 Å². The van der Waals surface area contributed by atoms with Crippen molar-refractivity contribution in [3.05, 3.63) is 0 Å². The van der Waals surface area contributed by atoms with Crippen LogP contribution < -0.4 is 5.32 Å². The molecule has 0 amide bonds. The molecule has 15 heavy (non-hydrogen) atoms. The lowest BCUT2D eigenvalue weighted by Crippen LogP contribution is -2.42. The van der Waals surface area contributed by atoms with Crippen molar-refractivity contribution in [3.8, 4) is 0 Å². The van der Waals surface area contributed by atoms with Crippen LogP contribution in [0.15, 0.2) is 0 Å². The van der Waals surface area contributed by atoms with E-state index in [2.05, 4.69) is 33.0 Å². The van der Waals surface area contributed by atoms with Gasteiger partial charge in [-0.2, -0.15) is 0 Å². The third kappa shape index (κ3) is 4.52. The van der Waals surface area contributed by atoms with E-state index in [1.54, 1.807) is 0 Å². The van der Waals surface area contributed by atoms with Gasteiger partial charge in [0.15, 0.2) is 0 Å². The highest BCUT2D eigenvalue weighted by molar-refractivity contribution is 4.81. The van der Waals surface area contributed by atoms with Crippen molar-refractivity contribution in [1.29, 1.82) is 0 Å². The number of nitrogens with one attached hydrogen (secondary N) is 1. The maximum Gasteiger partial charge on any atom is 0.0671 e. The zero-order valence-electron chi connectivity index (χ0n) is 10.8. The largest absolute Gasteiger partial charge is 0.377 e. The van der Waals surface area contributed by atoms with Gasteiger partial charge in [0.05, 0.1) is 6.10 Å². The number of rotatable bonds is 5. The minimum Gasteiger partial charge on any atom is -0.377 e. The van der Waals surface area contributed by atoms with Crippen LogP contribution in [-0.4, -0.2) is 25.3 Å². The fourth-order valence-corrected chi connectivity index (χ4v) is 2.48. The molecular weight excluding hydrogens is 186 g/mol. The minimum atomic E-state index is 0.347. The molecule has 0 spiro atoms. The van der Waals surface area contributed by atoms with Crippen molar-refractivity contribution < 1.29 is 4.74 Å². The van der Waals surface area contributed by atoms with Gasteiger partial charge < -0.3 is 10.1 Å². The van der Waals surface area contributed by atoms with Crippen LogP contribution in [0.4, 0.5) is 0 Å². The lowest BCUT2D eigenvalue weighted by Gasteiger charge is -2.34. The second kappa shape index (κ2) is 6.49. The normalized spacial score (nSPS) is 34.0. The van der Waals surface area contributed by atoms with Crippen LogP contribution >= 0.6 is 0 Å². The molecule has 1 fully saturated rings. The van der Waals surface area contributed by atoms with E-state index in [0.29, 0.717) is 12.1 Å². The van der Waals surface area contributed by atoms with Gasteiger partial charge in [-0.05, 0) is 38.5 Å². The molecule has 4 unspecified atom stereocenters. The molecule has 0 aromatic heterocycles. The predicted octanol–water partition coefficient (Wildman–Crippen LogP) is 2.83. The zero-order chi connectivity index (χ0) is 11.3. The molecule has 1 aliphatic carbocycles. The molecule has 1 aliphatic rings. The summed E-state index contributed by atoms with van der Waals surface area (Å²) in [5.74, 6) is 1.72. The van der Waals surface area contributed by atoms with Gasteiger partial charge in [-0.25, -0.2) is 0 Å². The fourth-order valence-electron chi connectivity index (χ4n) is 2.48. The van der Waals surface area contributed by atoms with Gasteiger partial charge in [0.2, 0.25) is 0 Å². The van der Waals surface area contributed by atoms with Gasteiger partial charge in [0.1, 0.15) is 0 Å². The van der Waals surface area contributed by atoms with Crippen LogP contribution in [-0.2, 0) is 4.74 Å². The lowest BCUT2D eigenvalue weighted by atomic mass is 9.80. The Morgan fingerprint density at radius 2 is 2.07 bits per heavy atom. The van der Waals surface area contributed by atoms with Crippen molar-refractivity contribution in [3.63, 3.8) is 0 Å². The molecule has 1 rings (SSSR count). The third-order valence-corrected chi connectivity index (χ3v) is 3.58. The third-order valence-electron chi connectivity index (χ3n) is 3.58. The Labute approximate surface area is 94.8 Å². The van der Waals surface area contributed by atoms with Crippen LogP contribution in [0.5, 0.6) is 0 Å². The Morgan fingerprint density at radius 1 is 1.33 bits per heavy atom. The fraction of sp³-hybridized carbons (Fsp3) is 1.00. The second-order valence-corrected chi connectivity index (χ2v) is 5.18. The second-order valence-electron chi connectivity index (χ2n) is 5.18.